The van der Waals surface area contributed by atoms with Crippen LogP contribution >= 0.6 is 0 Å². The van der Waals surface area contributed by atoms with E-state index in [4.69, 9.17) is 14.6 Å². The van der Waals surface area contributed by atoms with E-state index in [1.54, 1.807) is 13.2 Å². The van der Waals surface area contributed by atoms with Crippen molar-refractivity contribution in [3.05, 3.63) is 12.0 Å². The summed E-state index contributed by atoms with van der Waals surface area (Å²) in [7, 11) is 1.55. The minimum absolute atomic E-state index is 0.153. The molecule has 0 spiro atoms. The zero-order valence-electron chi connectivity index (χ0n) is 6.20. The third-order valence-corrected chi connectivity index (χ3v) is 1.57. The molecule has 0 saturated heterocycles. The van der Waals surface area contributed by atoms with Crippen LogP contribution in [0.2, 0.25) is 0 Å². The first-order valence-electron chi connectivity index (χ1n) is 3.33. The molecule has 2 unspecified atom stereocenters. The summed E-state index contributed by atoms with van der Waals surface area (Å²) in [6, 6.07) is 0. The summed E-state index contributed by atoms with van der Waals surface area (Å²) in [6.45, 7) is 1.82. The predicted molar refractivity (Wildman–Crippen MR) is 36.3 cm³/mol. The average Bonchev–Trinajstić information content (AvgIpc) is 1.95. The van der Waals surface area contributed by atoms with Gasteiger partial charge in [-0.25, -0.2) is 0 Å². The predicted octanol–water partition coefficient (Wildman–Crippen LogP) is 0.644. The third kappa shape index (κ3) is 1.42. The molecule has 58 valence electrons. The molecular formula is C7H12O3. The molecule has 1 heterocycles. The molecule has 0 bridgehead atoms. The smallest absolute Gasteiger partial charge is 0.275 e. The molecule has 3 heteroatoms. The number of ether oxygens (including phenoxy) is 2. The van der Waals surface area contributed by atoms with E-state index in [2.05, 4.69) is 0 Å². The Morgan fingerprint density at radius 2 is 2.50 bits per heavy atom. The number of rotatable bonds is 1. The second-order valence-electron chi connectivity index (χ2n) is 2.35. The van der Waals surface area contributed by atoms with Crippen LogP contribution in [0, 0.1) is 0 Å². The molecule has 3 nitrogen and oxygen atoms in total. The highest BCUT2D eigenvalue weighted by Gasteiger charge is 2.20. The Kier molecular flexibility index (Phi) is 2.17. The lowest BCUT2D eigenvalue weighted by Gasteiger charge is -2.24. The Bertz CT molecular complexity index is 142. The maximum absolute atomic E-state index is 9.17. The van der Waals surface area contributed by atoms with Gasteiger partial charge in [0.15, 0.2) is 0 Å². The lowest BCUT2D eigenvalue weighted by atomic mass is 10.1. The fraction of sp³-hybridized carbons (Fsp3) is 0.714. The zero-order valence-corrected chi connectivity index (χ0v) is 6.20. The summed E-state index contributed by atoms with van der Waals surface area (Å²) < 4.78 is 9.97. The highest BCUT2D eigenvalue weighted by atomic mass is 16.7. The molecular weight excluding hydrogens is 132 g/mol. The molecule has 0 aromatic heterocycles. The van der Waals surface area contributed by atoms with Crippen LogP contribution in [0.1, 0.15) is 13.3 Å². The molecule has 0 saturated carbocycles. The van der Waals surface area contributed by atoms with Crippen LogP contribution in [-0.2, 0) is 9.47 Å². The van der Waals surface area contributed by atoms with Crippen molar-refractivity contribution in [1.82, 2.24) is 0 Å². The van der Waals surface area contributed by atoms with Gasteiger partial charge in [-0.05, 0) is 13.0 Å². The van der Waals surface area contributed by atoms with Gasteiger partial charge in [0.25, 0.3) is 5.95 Å². The van der Waals surface area contributed by atoms with E-state index >= 15 is 0 Å². The van der Waals surface area contributed by atoms with Crippen LogP contribution in [0.15, 0.2) is 12.0 Å². The number of hydrogen-bond donors (Lipinski definition) is 1. The molecule has 0 fully saturated rings. The van der Waals surface area contributed by atoms with E-state index in [1.165, 1.54) is 0 Å². The Balaban J connectivity index is 2.52. The molecule has 0 aliphatic carbocycles. The molecule has 0 aromatic rings. The van der Waals surface area contributed by atoms with Gasteiger partial charge in [0.1, 0.15) is 6.10 Å². The van der Waals surface area contributed by atoms with Crippen LogP contribution in [0.5, 0.6) is 0 Å². The quantitative estimate of drug-likeness (QED) is 0.587. The van der Waals surface area contributed by atoms with Crippen LogP contribution in [0.4, 0.5) is 0 Å². The Labute approximate surface area is 60.3 Å². The van der Waals surface area contributed by atoms with Crippen molar-refractivity contribution in [2.75, 3.05) is 7.11 Å². The zero-order chi connectivity index (χ0) is 7.56. The van der Waals surface area contributed by atoms with Gasteiger partial charge in [0, 0.05) is 6.42 Å². The number of aliphatic hydroxyl groups excluding tert-OH is 1. The number of aliphatic hydroxyl groups is 1. The first-order chi connectivity index (χ1) is 4.74. The van der Waals surface area contributed by atoms with E-state index in [0.29, 0.717) is 12.4 Å². The summed E-state index contributed by atoms with van der Waals surface area (Å²) in [4.78, 5) is 0. The molecule has 1 aliphatic rings. The molecule has 1 aliphatic heterocycles. The van der Waals surface area contributed by atoms with E-state index in [1.807, 2.05) is 6.92 Å². The van der Waals surface area contributed by atoms with Gasteiger partial charge >= 0.3 is 0 Å². The summed E-state index contributed by atoms with van der Waals surface area (Å²) in [5.41, 5.74) is 0. The van der Waals surface area contributed by atoms with Crippen LogP contribution < -0.4 is 0 Å². The van der Waals surface area contributed by atoms with Crippen molar-refractivity contribution < 1.29 is 14.6 Å². The van der Waals surface area contributed by atoms with Crippen molar-refractivity contribution in [1.29, 1.82) is 0 Å². The highest BCUT2D eigenvalue weighted by molar-refractivity contribution is 4.93. The summed E-state index contributed by atoms with van der Waals surface area (Å²) >= 11 is 0. The van der Waals surface area contributed by atoms with Gasteiger partial charge in [-0.3, -0.25) is 0 Å². The maximum Gasteiger partial charge on any atom is 0.275 e. The van der Waals surface area contributed by atoms with Crippen molar-refractivity contribution in [3.8, 4) is 0 Å². The highest BCUT2D eigenvalue weighted by Crippen LogP contribution is 2.16. The minimum Gasteiger partial charge on any atom is -0.469 e. The van der Waals surface area contributed by atoms with Crippen molar-refractivity contribution in [2.45, 2.75) is 25.6 Å². The molecule has 0 radical (unpaired) electrons. The van der Waals surface area contributed by atoms with Crippen molar-refractivity contribution >= 4 is 0 Å². The Hall–Kier alpha value is -0.700. The number of methoxy groups -OCH3 is 1. The summed E-state index contributed by atoms with van der Waals surface area (Å²) in [5.74, 6) is 0.512. The van der Waals surface area contributed by atoms with Gasteiger partial charge in [-0.1, -0.05) is 0 Å². The van der Waals surface area contributed by atoms with Crippen LogP contribution in [0.25, 0.3) is 0 Å². The Morgan fingerprint density at radius 3 is 3.00 bits per heavy atom. The van der Waals surface area contributed by atoms with E-state index in [0.717, 1.165) is 0 Å². The maximum atomic E-state index is 9.17. The number of hydrogen-bond acceptors (Lipinski definition) is 3. The fourth-order valence-corrected chi connectivity index (χ4v) is 0.850. The topological polar surface area (TPSA) is 38.7 Å². The lowest BCUT2D eigenvalue weighted by Crippen LogP contribution is -2.28. The monoisotopic (exact) mass is 144 g/mol. The van der Waals surface area contributed by atoms with Gasteiger partial charge in [0.2, 0.25) is 0 Å². The summed E-state index contributed by atoms with van der Waals surface area (Å²) in [5, 5.41) is 9.17. The first kappa shape index (κ1) is 7.41. The molecule has 0 aromatic carbocycles. The normalized spacial score (nSPS) is 32.5. The molecule has 1 N–H and O–H groups in total. The van der Waals surface area contributed by atoms with Crippen molar-refractivity contribution in [2.24, 2.45) is 0 Å². The van der Waals surface area contributed by atoms with Crippen LogP contribution in [0.3, 0.4) is 0 Å². The Morgan fingerprint density at radius 1 is 1.80 bits per heavy atom. The average molecular weight is 144 g/mol. The SMILES string of the molecule is COC1=CCC(O)C(C)O1. The van der Waals surface area contributed by atoms with E-state index < -0.39 is 0 Å². The lowest BCUT2D eigenvalue weighted by molar-refractivity contribution is -0.0582. The van der Waals surface area contributed by atoms with Crippen molar-refractivity contribution in [3.63, 3.8) is 0 Å². The van der Waals surface area contributed by atoms with E-state index in [9.17, 15) is 0 Å². The fourth-order valence-electron chi connectivity index (χ4n) is 0.850. The first-order valence-corrected chi connectivity index (χ1v) is 3.33. The van der Waals surface area contributed by atoms with Gasteiger partial charge in [-0.2, -0.15) is 0 Å². The molecule has 10 heavy (non-hydrogen) atoms. The summed E-state index contributed by atoms with van der Waals surface area (Å²) in [6.07, 6.45) is 1.81. The standard InChI is InChI=1S/C7H12O3/c1-5-6(8)3-4-7(9-2)10-5/h4-6,8H,3H2,1-2H3. The van der Waals surface area contributed by atoms with Gasteiger partial charge in [-0.15, -0.1) is 0 Å². The van der Waals surface area contributed by atoms with E-state index in [-0.39, 0.29) is 12.2 Å². The second kappa shape index (κ2) is 2.92. The third-order valence-electron chi connectivity index (χ3n) is 1.57. The second-order valence-corrected chi connectivity index (χ2v) is 2.35. The van der Waals surface area contributed by atoms with Crippen LogP contribution in [-0.4, -0.2) is 24.4 Å². The molecule has 2 atom stereocenters. The largest absolute Gasteiger partial charge is 0.469 e. The van der Waals surface area contributed by atoms with Gasteiger partial charge in [0.05, 0.1) is 13.2 Å². The molecule has 1 rings (SSSR count). The minimum atomic E-state index is -0.390. The van der Waals surface area contributed by atoms with Gasteiger partial charge < -0.3 is 14.6 Å². The molecule has 0 amide bonds.